The first-order chi connectivity index (χ1) is 21.1. The van der Waals surface area contributed by atoms with Crippen LogP contribution in [0.2, 0.25) is 5.02 Å². The fourth-order valence-electron chi connectivity index (χ4n) is 4.17. The van der Waals surface area contributed by atoms with Gasteiger partial charge in [0.15, 0.2) is 5.69 Å². The van der Waals surface area contributed by atoms with Crippen LogP contribution < -0.4 is 5.32 Å². The summed E-state index contributed by atoms with van der Waals surface area (Å²) in [6.07, 6.45) is 2.03. The fraction of sp³-hybridized carbons (Fsp3) is 0.125. The van der Waals surface area contributed by atoms with Crippen molar-refractivity contribution in [2.75, 3.05) is 5.32 Å². The van der Waals surface area contributed by atoms with Crippen LogP contribution in [0.15, 0.2) is 85.2 Å². The van der Waals surface area contributed by atoms with Crippen LogP contribution in [-0.2, 0) is 4.74 Å². The zero-order valence-corrected chi connectivity index (χ0v) is 24.6. The van der Waals surface area contributed by atoms with Gasteiger partial charge in [-0.3, -0.25) is 5.32 Å². The Morgan fingerprint density at radius 3 is 1.93 bits per heavy atom. The van der Waals surface area contributed by atoms with E-state index in [4.69, 9.17) is 32.0 Å². The van der Waals surface area contributed by atoms with Gasteiger partial charge in [-0.25, -0.2) is 19.0 Å². The molecule has 0 aliphatic carbocycles. The number of nitrogens with zero attached hydrogens (tertiary/aromatic N) is 6. The number of nitrogens with one attached hydrogen (secondary N) is 1. The van der Waals surface area contributed by atoms with Gasteiger partial charge in [0.1, 0.15) is 11.9 Å². The quantitative estimate of drug-likeness (QED) is 0.214. The van der Waals surface area contributed by atoms with Crippen molar-refractivity contribution in [3.05, 3.63) is 124 Å². The second kappa shape index (κ2) is 13.8. The van der Waals surface area contributed by atoms with Crippen LogP contribution in [0.5, 0.6) is 0 Å². The number of aromatic carboxylic acids is 1. The fourth-order valence-corrected chi connectivity index (χ4v) is 4.46. The molecule has 3 aromatic carbocycles. The van der Waals surface area contributed by atoms with Crippen LogP contribution in [0, 0.1) is 36.5 Å². The Hall–Kier alpha value is -5.91. The lowest BCUT2D eigenvalue weighted by Gasteiger charge is -2.16. The molecule has 0 aliphatic rings. The molecule has 220 valence electrons. The molecule has 0 saturated heterocycles. The number of rotatable bonds is 6. The van der Waals surface area contributed by atoms with Gasteiger partial charge in [0.05, 0.1) is 47.0 Å². The van der Waals surface area contributed by atoms with E-state index in [-0.39, 0.29) is 5.69 Å². The third kappa shape index (κ3) is 7.10. The number of amides is 1. The number of carboxylic acid groups (broad SMARTS) is 1. The molecule has 2 heterocycles. The van der Waals surface area contributed by atoms with Crippen molar-refractivity contribution in [1.82, 2.24) is 19.6 Å². The van der Waals surface area contributed by atoms with Crippen molar-refractivity contribution >= 4 is 29.5 Å². The summed E-state index contributed by atoms with van der Waals surface area (Å²) in [7, 11) is 0. The summed E-state index contributed by atoms with van der Waals surface area (Å²) >= 11 is 6.15. The molecule has 5 rings (SSSR count). The molecule has 2 aromatic heterocycles. The molecule has 0 radical (unpaired) electrons. The van der Waals surface area contributed by atoms with Crippen LogP contribution in [-0.4, -0.2) is 36.7 Å². The summed E-state index contributed by atoms with van der Waals surface area (Å²) in [4.78, 5) is 23.5. The Labute approximate surface area is 258 Å². The van der Waals surface area contributed by atoms with Crippen molar-refractivity contribution in [2.24, 2.45) is 0 Å². The zero-order valence-electron chi connectivity index (χ0n) is 23.9. The second-order valence-electron chi connectivity index (χ2n) is 9.49. The Morgan fingerprint density at radius 1 is 0.864 bits per heavy atom. The maximum Gasteiger partial charge on any atom is 0.413 e. The summed E-state index contributed by atoms with van der Waals surface area (Å²) in [6.45, 7) is 5.28. The molecule has 11 nitrogen and oxygen atoms in total. The third-order valence-corrected chi connectivity index (χ3v) is 6.78. The largest absolute Gasteiger partial charge is 0.477 e. The first-order valence-corrected chi connectivity index (χ1v) is 13.6. The lowest BCUT2D eigenvalue weighted by Crippen LogP contribution is -2.19. The summed E-state index contributed by atoms with van der Waals surface area (Å²) < 4.78 is 8.38. The molecule has 44 heavy (non-hydrogen) atoms. The Kier molecular flexibility index (Phi) is 9.76. The Balaban J connectivity index is 0.000000223. The molecule has 5 aromatic rings. The smallest absolute Gasteiger partial charge is 0.413 e. The van der Waals surface area contributed by atoms with E-state index in [2.05, 4.69) is 21.6 Å². The van der Waals surface area contributed by atoms with Gasteiger partial charge in [0.2, 0.25) is 0 Å². The molecule has 2 N–H and O–H groups in total. The van der Waals surface area contributed by atoms with Crippen LogP contribution in [0.3, 0.4) is 0 Å². The number of halogens is 1. The monoisotopic (exact) mass is 607 g/mol. The van der Waals surface area contributed by atoms with Gasteiger partial charge in [0, 0.05) is 21.7 Å². The number of carboxylic acids is 1. The normalized spacial score (nSPS) is 10.9. The van der Waals surface area contributed by atoms with Crippen LogP contribution in [0.1, 0.15) is 51.3 Å². The predicted molar refractivity (Wildman–Crippen MR) is 163 cm³/mol. The van der Waals surface area contributed by atoms with Gasteiger partial charge in [-0.1, -0.05) is 29.8 Å². The summed E-state index contributed by atoms with van der Waals surface area (Å²) in [5.41, 5.74) is 4.65. The minimum absolute atomic E-state index is 0.134. The molecule has 0 spiro atoms. The van der Waals surface area contributed by atoms with Gasteiger partial charge in [0.25, 0.3) is 0 Å². The Bertz CT molecular complexity index is 1880. The van der Waals surface area contributed by atoms with E-state index in [9.17, 15) is 9.59 Å². The number of hydrogen-bond donors (Lipinski definition) is 2. The van der Waals surface area contributed by atoms with Crippen molar-refractivity contribution < 1.29 is 19.4 Å². The number of nitriles is 2. The molecule has 0 unspecified atom stereocenters. The SMILES string of the molecule is Cc1cnn(-c2ccc(C#N)cc2)c1C(=O)O.Cc1cnn(-c2ccc(C#N)cc2)c1NC(=O)O[C@H](C)c1ccccc1Cl. The average molecular weight is 608 g/mol. The molecule has 0 saturated carbocycles. The maximum absolute atomic E-state index is 12.4. The first-order valence-electron chi connectivity index (χ1n) is 13.2. The van der Waals surface area contributed by atoms with Crippen molar-refractivity contribution in [3.63, 3.8) is 0 Å². The summed E-state index contributed by atoms with van der Waals surface area (Å²) in [6, 6.07) is 24.8. The number of carbonyl (C=O) groups is 2. The van der Waals surface area contributed by atoms with Gasteiger partial charge in [-0.2, -0.15) is 20.7 Å². The number of anilines is 1. The van der Waals surface area contributed by atoms with E-state index < -0.39 is 18.2 Å². The zero-order chi connectivity index (χ0) is 31.8. The molecule has 1 atom stereocenters. The molecule has 0 bridgehead atoms. The number of aryl methyl sites for hydroxylation is 2. The Morgan fingerprint density at radius 2 is 1.39 bits per heavy atom. The number of aromatic nitrogens is 4. The minimum Gasteiger partial charge on any atom is -0.477 e. The van der Waals surface area contributed by atoms with Crippen LogP contribution in [0.4, 0.5) is 10.6 Å². The first kappa shape index (κ1) is 31.0. The average Bonchev–Trinajstić information content (AvgIpc) is 3.59. The van der Waals surface area contributed by atoms with E-state index in [1.807, 2.05) is 31.2 Å². The molecule has 1 amide bonds. The molecule has 12 heteroatoms. The number of carbonyl (C=O) groups excluding carboxylic acids is 1. The summed E-state index contributed by atoms with van der Waals surface area (Å²) in [5.74, 6) is -0.527. The van der Waals surface area contributed by atoms with E-state index >= 15 is 0 Å². The highest BCUT2D eigenvalue weighted by atomic mass is 35.5. The number of hydrogen-bond acceptors (Lipinski definition) is 7. The molecular weight excluding hydrogens is 582 g/mol. The lowest BCUT2D eigenvalue weighted by atomic mass is 10.1. The minimum atomic E-state index is -1.02. The van der Waals surface area contributed by atoms with Crippen LogP contribution in [0.25, 0.3) is 11.4 Å². The van der Waals surface area contributed by atoms with Gasteiger partial charge < -0.3 is 9.84 Å². The number of benzene rings is 3. The standard InChI is InChI=1S/C20H17ClN4O2.C12H9N3O2/c1-13-12-23-25(16-9-7-15(11-22)8-10-16)19(13)24-20(26)27-14(2)17-5-3-4-6-18(17)21;1-8-7-14-15(11(8)12(16)17)10-4-2-9(6-13)3-5-10/h3-10,12,14H,1-2H3,(H,24,26);2-5,7H,1H3,(H,16,17)/t14-;/m1./s1. The van der Waals surface area contributed by atoms with Crippen molar-refractivity contribution in [3.8, 4) is 23.5 Å². The van der Waals surface area contributed by atoms with Gasteiger partial charge >= 0.3 is 12.1 Å². The van der Waals surface area contributed by atoms with Gasteiger partial charge in [-0.05, 0) is 75.4 Å². The highest BCUT2D eigenvalue weighted by molar-refractivity contribution is 6.31. The van der Waals surface area contributed by atoms with Crippen molar-refractivity contribution in [2.45, 2.75) is 26.9 Å². The third-order valence-electron chi connectivity index (χ3n) is 6.44. The lowest BCUT2D eigenvalue weighted by molar-refractivity contribution is 0.0686. The van der Waals surface area contributed by atoms with Crippen LogP contribution >= 0.6 is 11.6 Å². The van der Waals surface area contributed by atoms with Gasteiger partial charge in [-0.15, -0.1) is 0 Å². The van der Waals surface area contributed by atoms with E-state index in [1.54, 1.807) is 79.3 Å². The number of ether oxygens (including phenoxy) is 1. The molecule has 0 aliphatic heterocycles. The highest BCUT2D eigenvalue weighted by Gasteiger charge is 2.18. The topological polar surface area (TPSA) is 159 Å². The van der Waals surface area contributed by atoms with E-state index in [0.29, 0.717) is 33.2 Å². The second-order valence-corrected chi connectivity index (χ2v) is 9.90. The van der Waals surface area contributed by atoms with Crippen molar-refractivity contribution in [1.29, 1.82) is 10.5 Å². The molecular formula is C32H26ClN7O4. The predicted octanol–water partition coefficient (Wildman–Crippen LogP) is 6.77. The summed E-state index contributed by atoms with van der Waals surface area (Å²) in [5, 5.41) is 38.3. The molecule has 0 fully saturated rings. The van der Waals surface area contributed by atoms with E-state index in [1.165, 1.54) is 10.9 Å². The van der Waals surface area contributed by atoms with E-state index in [0.717, 1.165) is 16.8 Å². The highest BCUT2D eigenvalue weighted by Crippen LogP contribution is 2.26. The maximum atomic E-state index is 12.4.